The lowest BCUT2D eigenvalue weighted by Gasteiger charge is -2.32. The van der Waals surface area contributed by atoms with E-state index in [1.807, 2.05) is 0 Å². The van der Waals surface area contributed by atoms with Crippen molar-refractivity contribution in [3.8, 4) is 0 Å². The second-order valence-corrected chi connectivity index (χ2v) is 6.98. The lowest BCUT2D eigenvalue weighted by Crippen LogP contribution is -2.43. The van der Waals surface area contributed by atoms with Gasteiger partial charge in [-0.25, -0.2) is 9.37 Å². The van der Waals surface area contributed by atoms with Crippen LogP contribution in [-0.2, 0) is 6.18 Å². The van der Waals surface area contributed by atoms with Gasteiger partial charge in [-0.3, -0.25) is 14.3 Å². The molecule has 11 heteroatoms. The summed E-state index contributed by atoms with van der Waals surface area (Å²) < 4.78 is 53.0. The Morgan fingerprint density at radius 2 is 1.84 bits per heavy atom. The molecule has 7 nitrogen and oxygen atoms in total. The zero-order valence-corrected chi connectivity index (χ0v) is 16.0. The average molecular weight is 433 g/mol. The largest absolute Gasteiger partial charge is 0.416 e. The Balaban J connectivity index is 1.62. The molecule has 2 aromatic heterocycles. The molecule has 0 bridgehead atoms. The number of halogens is 4. The van der Waals surface area contributed by atoms with E-state index in [4.69, 9.17) is 0 Å². The maximum atomic E-state index is 13.1. The van der Waals surface area contributed by atoms with E-state index in [-0.39, 0.29) is 35.3 Å². The highest BCUT2D eigenvalue weighted by Gasteiger charge is 2.35. The summed E-state index contributed by atoms with van der Waals surface area (Å²) in [7, 11) is 0. The van der Waals surface area contributed by atoms with Gasteiger partial charge in [-0.1, -0.05) is 0 Å². The van der Waals surface area contributed by atoms with Gasteiger partial charge in [0.05, 0.1) is 29.7 Å². The Hall–Kier alpha value is -3.76. The summed E-state index contributed by atoms with van der Waals surface area (Å²) in [6.07, 6.45) is -2.29. The Morgan fingerprint density at radius 1 is 1.13 bits per heavy atom. The van der Waals surface area contributed by atoms with Gasteiger partial charge in [-0.05, 0) is 43.3 Å². The maximum absolute atomic E-state index is 13.1. The Morgan fingerprint density at radius 3 is 2.45 bits per heavy atom. The molecule has 1 aromatic carbocycles. The summed E-state index contributed by atoms with van der Waals surface area (Å²) in [6, 6.07) is 6.23. The number of amides is 2. The molecular weight excluding hydrogens is 418 g/mol. The fourth-order valence-corrected chi connectivity index (χ4v) is 3.30. The Kier molecular flexibility index (Phi) is 4.96. The number of hydrogen-bond donors (Lipinski definition) is 1. The number of fused-ring (bicyclic) bond motifs is 1. The molecule has 0 radical (unpaired) electrons. The predicted octanol–water partition coefficient (Wildman–Crippen LogP) is 3.91. The molecule has 1 N–H and O–H groups in total. The first-order chi connectivity index (χ1) is 14.6. The number of hydrogen-bond acceptors (Lipinski definition) is 4. The fourth-order valence-electron chi connectivity index (χ4n) is 3.30. The Labute approximate surface area is 173 Å². The average Bonchev–Trinajstić information content (AvgIpc) is 3.15. The van der Waals surface area contributed by atoms with Crippen molar-refractivity contribution < 1.29 is 27.2 Å². The number of benzene rings is 1. The van der Waals surface area contributed by atoms with Crippen LogP contribution in [0.15, 0.2) is 48.8 Å². The van der Waals surface area contributed by atoms with Crippen molar-refractivity contribution in [2.24, 2.45) is 0 Å². The van der Waals surface area contributed by atoms with Gasteiger partial charge in [0.25, 0.3) is 11.8 Å². The summed E-state index contributed by atoms with van der Waals surface area (Å²) in [6.45, 7) is 1.97. The minimum absolute atomic E-state index is 0.0581. The molecule has 3 heterocycles. The molecule has 0 spiro atoms. The third-order valence-corrected chi connectivity index (χ3v) is 4.82. The third kappa shape index (κ3) is 3.86. The van der Waals surface area contributed by atoms with E-state index >= 15 is 0 Å². The van der Waals surface area contributed by atoms with Crippen molar-refractivity contribution in [1.29, 1.82) is 0 Å². The van der Waals surface area contributed by atoms with Crippen molar-refractivity contribution in [1.82, 2.24) is 14.8 Å². The summed E-state index contributed by atoms with van der Waals surface area (Å²) in [5, 5.41) is 6.68. The first-order valence-electron chi connectivity index (χ1n) is 9.14. The smallest absolute Gasteiger partial charge is 0.317 e. The van der Waals surface area contributed by atoms with E-state index < -0.39 is 29.4 Å². The molecule has 1 atom stereocenters. The lowest BCUT2D eigenvalue weighted by molar-refractivity contribution is -0.137. The number of rotatable bonds is 3. The molecule has 0 saturated heterocycles. The third-order valence-electron chi connectivity index (χ3n) is 4.82. The highest BCUT2D eigenvalue weighted by atomic mass is 19.4. The second-order valence-electron chi connectivity index (χ2n) is 6.98. The highest BCUT2D eigenvalue weighted by molar-refractivity contribution is 6.12. The van der Waals surface area contributed by atoms with Gasteiger partial charge in [0, 0.05) is 12.2 Å². The molecule has 0 aliphatic carbocycles. The molecule has 0 unspecified atom stereocenters. The first-order valence-corrected chi connectivity index (χ1v) is 9.14. The summed E-state index contributed by atoms with van der Waals surface area (Å²) in [4.78, 5) is 30.6. The van der Waals surface area contributed by atoms with Crippen LogP contribution < -0.4 is 10.2 Å². The molecule has 2 amide bonds. The van der Waals surface area contributed by atoms with Crippen LogP contribution in [-0.4, -0.2) is 33.1 Å². The summed E-state index contributed by atoms with van der Waals surface area (Å²) >= 11 is 0. The summed E-state index contributed by atoms with van der Waals surface area (Å²) in [5.41, 5.74) is -0.399. The topological polar surface area (TPSA) is 80.1 Å². The van der Waals surface area contributed by atoms with Gasteiger partial charge in [-0.2, -0.15) is 18.3 Å². The molecular formula is C20H15F4N5O2. The number of carbonyl (C=O) groups is 2. The first kappa shape index (κ1) is 20.5. The number of alkyl halides is 3. The van der Waals surface area contributed by atoms with Crippen LogP contribution in [0.1, 0.15) is 39.5 Å². The van der Waals surface area contributed by atoms with Gasteiger partial charge in [-0.15, -0.1) is 0 Å². The van der Waals surface area contributed by atoms with Gasteiger partial charge in [0.1, 0.15) is 11.5 Å². The van der Waals surface area contributed by atoms with E-state index in [1.165, 1.54) is 34.0 Å². The van der Waals surface area contributed by atoms with Crippen molar-refractivity contribution in [3.05, 3.63) is 71.6 Å². The zero-order valence-electron chi connectivity index (χ0n) is 16.0. The molecule has 0 fully saturated rings. The van der Waals surface area contributed by atoms with Gasteiger partial charge >= 0.3 is 6.18 Å². The van der Waals surface area contributed by atoms with Crippen LogP contribution >= 0.6 is 0 Å². The van der Waals surface area contributed by atoms with Crippen molar-refractivity contribution in [2.45, 2.75) is 19.1 Å². The van der Waals surface area contributed by atoms with Crippen molar-refractivity contribution >= 4 is 23.2 Å². The van der Waals surface area contributed by atoms with E-state index in [0.29, 0.717) is 0 Å². The quantitative estimate of drug-likeness (QED) is 0.636. The number of pyridine rings is 1. The standard InChI is InChI=1S/C20H15F4N5O2/c1-11-10-28(14-5-2-12(3-6-14)20(22,23)24)19(31)17-16(9-26-29(11)17)27-18(30)15-7-4-13(21)8-25-15/h2-9,11H,10H2,1H3,(H,27,30)/t11-/m0/s1. The predicted molar refractivity (Wildman–Crippen MR) is 102 cm³/mol. The molecule has 160 valence electrons. The fraction of sp³-hybridized carbons (Fsp3) is 0.200. The molecule has 0 saturated carbocycles. The molecule has 1 aliphatic heterocycles. The minimum Gasteiger partial charge on any atom is -0.317 e. The van der Waals surface area contributed by atoms with Gasteiger partial charge < -0.3 is 10.2 Å². The number of anilines is 2. The van der Waals surface area contributed by atoms with Crippen LogP contribution in [0.2, 0.25) is 0 Å². The summed E-state index contributed by atoms with van der Waals surface area (Å²) in [5.74, 6) is -1.80. The monoisotopic (exact) mass is 433 g/mol. The van der Waals surface area contributed by atoms with E-state index in [0.717, 1.165) is 24.4 Å². The molecule has 1 aliphatic rings. The van der Waals surface area contributed by atoms with Crippen LogP contribution in [0.25, 0.3) is 0 Å². The van der Waals surface area contributed by atoms with Crippen molar-refractivity contribution in [2.75, 3.05) is 16.8 Å². The highest BCUT2D eigenvalue weighted by Crippen LogP contribution is 2.33. The van der Waals surface area contributed by atoms with Crippen LogP contribution in [0, 0.1) is 5.82 Å². The van der Waals surface area contributed by atoms with Crippen LogP contribution in [0.5, 0.6) is 0 Å². The molecule has 31 heavy (non-hydrogen) atoms. The van der Waals surface area contributed by atoms with Crippen LogP contribution in [0.4, 0.5) is 28.9 Å². The molecule has 4 rings (SSSR count). The maximum Gasteiger partial charge on any atom is 0.416 e. The number of carbonyl (C=O) groups excluding carboxylic acids is 2. The lowest BCUT2D eigenvalue weighted by atomic mass is 10.1. The number of nitrogens with zero attached hydrogens (tertiary/aromatic N) is 4. The van der Waals surface area contributed by atoms with Crippen molar-refractivity contribution in [3.63, 3.8) is 0 Å². The normalized spacial score (nSPS) is 16.2. The van der Waals surface area contributed by atoms with E-state index in [2.05, 4.69) is 15.4 Å². The number of aromatic nitrogens is 3. The SMILES string of the molecule is C[C@H]1CN(c2ccc(C(F)(F)F)cc2)C(=O)c2c(NC(=O)c3ccc(F)cn3)cnn21. The zero-order chi connectivity index (χ0) is 22.3. The van der Waals surface area contributed by atoms with E-state index in [9.17, 15) is 27.2 Å². The van der Waals surface area contributed by atoms with E-state index in [1.54, 1.807) is 6.92 Å². The van der Waals surface area contributed by atoms with Crippen LogP contribution in [0.3, 0.4) is 0 Å². The second kappa shape index (κ2) is 7.49. The molecule has 3 aromatic rings. The van der Waals surface area contributed by atoms with Gasteiger partial charge in [0.15, 0.2) is 5.69 Å². The van der Waals surface area contributed by atoms with Gasteiger partial charge in [0.2, 0.25) is 0 Å². The minimum atomic E-state index is -4.48. The number of nitrogens with one attached hydrogen (secondary N) is 1. The Bertz CT molecular complexity index is 1140.